The molecule has 1 rings (SSSR count). The van der Waals surface area contributed by atoms with Crippen LogP contribution in [0, 0.1) is 0 Å². The van der Waals surface area contributed by atoms with Gasteiger partial charge < -0.3 is 5.32 Å². The van der Waals surface area contributed by atoms with Crippen LogP contribution in [0.3, 0.4) is 0 Å². The van der Waals surface area contributed by atoms with E-state index < -0.39 is 18.6 Å². The first-order valence-electron chi connectivity index (χ1n) is 7.30. The van der Waals surface area contributed by atoms with Crippen LogP contribution in [-0.2, 0) is 0 Å². The van der Waals surface area contributed by atoms with E-state index in [1.165, 1.54) is 0 Å². The molecule has 0 aliphatic carbocycles. The van der Waals surface area contributed by atoms with Gasteiger partial charge in [-0.25, -0.2) is 0 Å². The smallest absolute Gasteiger partial charge is 0.307 e. The molecule has 1 nitrogen and oxygen atoms in total. The molecule has 0 aliphatic heterocycles. The molecular weight excluding hydrogens is 263 g/mol. The summed E-state index contributed by atoms with van der Waals surface area (Å²) in [7, 11) is 0. The van der Waals surface area contributed by atoms with Gasteiger partial charge in [0.25, 0.3) is 0 Å². The Balaban J connectivity index is 2.64. The first kappa shape index (κ1) is 17.0. The molecule has 1 aromatic rings. The second-order valence-corrected chi connectivity index (χ2v) is 5.35. The number of hydrogen-bond donors (Lipinski definition) is 1. The minimum atomic E-state index is -4.16. The number of alkyl halides is 3. The summed E-state index contributed by atoms with van der Waals surface area (Å²) in [5.41, 5.74) is 0.701. The Bertz CT molecular complexity index is 362. The maximum Gasteiger partial charge on any atom is 0.390 e. The molecule has 20 heavy (non-hydrogen) atoms. The van der Waals surface area contributed by atoms with Gasteiger partial charge in [-0.1, -0.05) is 56.5 Å². The molecule has 0 aromatic heterocycles. The third kappa shape index (κ3) is 6.94. The Morgan fingerprint density at radius 1 is 1.10 bits per heavy atom. The lowest BCUT2D eigenvalue weighted by molar-refractivity contribution is -0.140. The lowest BCUT2D eigenvalue weighted by Crippen LogP contribution is -2.33. The molecule has 0 amide bonds. The lowest BCUT2D eigenvalue weighted by Gasteiger charge is -2.25. The second-order valence-electron chi connectivity index (χ2n) is 5.35. The highest BCUT2D eigenvalue weighted by Crippen LogP contribution is 2.30. The Kier molecular flexibility index (Phi) is 7.06. The zero-order chi connectivity index (χ0) is 15.0. The van der Waals surface area contributed by atoms with Crippen molar-refractivity contribution in [2.75, 3.05) is 0 Å². The highest BCUT2D eigenvalue weighted by atomic mass is 19.4. The summed E-state index contributed by atoms with van der Waals surface area (Å²) in [6.07, 6.45) is -0.766. The van der Waals surface area contributed by atoms with E-state index in [0.717, 1.165) is 25.7 Å². The van der Waals surface area contributed by atoms with Crippen molar-refractivity contribution >= 4 is 0 Å². The molecule has 2 unspecified atom stereocenters. The molecule has 0 radical (unpaired) electrons. The van der Waals surface area contributed by atoms with Gasteiger partial charge in [-0.05, 0) is 18.9 Å². The average molecular weight is 287 g/mol. The third-order valence-electron chi connectivity index (χ3n) is 3.36. The van der Waals surface area contributed by atoms with Crippen LogP contribution < -0.4 is 5.32 Å². The van der Waals surface area contributed by atoms with Crippen molar-refractivity contribution in [1.82, 2.24) is 5.32 Å². The molecule has 0 aliphatic rings. The Morgan fingerprint density at radius 3 is 2.30 bits per heavy atom. The van der Waals surface area contributed by atoms with E-state index >= 15 is 0 Å². The highest BCUT2D eigenvalue weighted by molar-refractivity contribution is 5.19. The molecule has 1 aromatic carbocycles. The van der Waals surface area contributed by atoms with E-state index in [2.05, 4.69) is 12.2 Å². The van der Waals surface area contributed by atoms with E-state index in [-0.39, 0.29) is 6.04 Å². The van der Waals surface area contributed by atoms with Crippen molar-refractivity contribution in [2.45, 2.75) is 64.2 Å². The van der Waals surface area contributed by atoms with E-state index in [9.17, 15) is 13.2 Å². The molecule has 0 spiro atoms. The average Bonchev–Trinajstić information content (AvgIpc) is 2.38. The SMILES string of the molecule is CCCCCC(C)NC(CC(F)(F)F)c1ccccc1. The van der Waals surface area contributed by atoms with E-state index in [0.29, 0.717) is 5.56 Å². The Morgan fingerprint density at radius 2 is 1.75 bits per heavy atom. The van der Waals surface area contributed by atoms with E-state index in [1.807, 2.05) is 13.0 Å². The normalized spacial score (nSPS) is 15.1. The van der Waals surface area contributed by atoms with Gasteiger partial charge in [-0.2, -0.15) is 13.2 Å². The van der Waals surface area contributed by atoms with Crippen LogP contribution in [0.5, 0.6) is 0 Å². The topological polar surface area (TPSA) is 12.0 Å². The molecule has 0 saturated heterocycles. The maximum atomic E-state index is 12.7. The zero-order valence-electron chi connectivity index (χ0n) is 12.2. The summed E-state index contributed by atoms with van der Waals surface area (Å²) in [6, 6.07) is 8.31. The van der Waals surface area contributed by atoms with Gasteiger partial charge in [0.1, 0.15) is 0 Å². The number of benzene rings is 1. The summed E-state index contributed by atoms with van der Waals surface area (Å²) >= 11 is 0. The number of nitrogens with one attached hydrogen (secondary N) is 1. The fourth-order valence-corrected chi connectivity index (χ4v) is 2.32. The molecule has 0 saturated carbocycles. The summed E-state index contributed by atoms with van der Waals surface area (Å²) in [5.74, 6) is 0. The van der Waals surface area contributed by atoms with Crippen molar-refractivity contribution in [2.24, 2.45) is 0 Å². The summed E-state index contributed by atoms with van der Waals surface area (Å²) in [6.45, 7) is 4.08. The standard InChI is InChI=1S/C16H24F3N/c1-3-4-6-9-13(2)20-15(12-16(17,18)19)14-10-7-5-8-11-14/h5,7-8,10-11,13,15,20H,3-4,6,9,12H2,1-2H3. The predicted octanol–water partition coefficient (Wildman–Crippen LogP) is 5.24. The van der Waals surface area contributed by atoms with Crippen LogP contribution in [0.15, 0.2) is 30.3 Å². The van der Waals surface area contributed by atoms with Gasteiger partial charge in [-0.15, -0.1) is 0 Å². The summed E-state index contributed by atoms with van der Waals surface area (Å²) < 4.78 is 38.1. The molecule has 0 heterocycles. The summed E-state index contributed by atoms with van der Waals surface area (Å²) in [5, 5.41) is 3.13. The minimum Gasteiger partial charge on any atom is -0.307 e. The van der Waals surface area contributed by atoms with Gasteiger partial charge in [0.15, 0.2) is 0 Å². The van der Waals surface area contributed by atoms with Gasteiger partial charge in [-0.3, -0.25) is 0 Å². The maximum absolute atomic E-state index is 12.7. The lowest BCUT2D eigenvalue weighted by atomic mass is 10.0. The molecule has 114 valence electrons. The fourth-order valence-electron chi connectivity index (χ4n) is 2.32. The van der Waals surface area contributed by atoms with Crippen molar-refractivity contribution in [1.29, 1.82) is 0 Å². The van der Waals surface area contributed by atoms with Gasteiger partial charge in [0.05, 0.1) is 6.42 Å². The number of rotatable bonds is 8. The quantitative estimate of drug-likeness (QED) is 0.645. The van der Waals surface area contributed by atoms with Gasteiger partial charge >= 0.3 is 6.18 Å². The highest BCUT2D eigenvalue weighted by Gasteiger charge is 2.32. The number of hydrogen-bond acceptors (Lipinski definition) is 1. The Labute approximate surface area is 119 Å². The van der Waals surface area contributed by atoms with Crippen LogP contribution in [0.4, 0.5) is 13.2 Å². The molecule has 2 atom stereocenters. The molecule has 1 N–H and O–H groups in total. The molecule has 4 heteroatoms. The van der Waals surface area contributed by atoms with Crippen LogP contribution in [-0.4, -0.2) is 12.2 Å². The van der Waals surface area contributed by atoms with E-state index in [4.69, 9.17) is 0 Å². The van der Waals surface area contributed by atoms with Crippen molar-refractivity contribution in [3.05, 3.63) is 35.9 Å². The largest absolute Gasteiger partial charge is 0.390 e. The van der Waals surface area contributed by atoms with Crippen LogP contribution in [0.25, 0.3) is 0 Å². The second kappa shape index (κ2) is 8.30. The first-order chi connectivity index (χ1) is 9.42. The fraction of sp³-hybridized carbons (Fsp3) is 0.625. The zero-order valence-corrected chi connectivity index (χ0v) is 12.2. The minimum absolute atomic E-state index is 0.0918. The molecule has 0 bridgehead atoms. The summed E-state index contributed by atoms with van der Waals surface area (Å²) in [4.78, 5) is 0. The molecule has 0 fully saturated rings. The van der Waals surface area contributed by atoms with Gasteiger partial charge in [0, 0.05) is 12.1 Å². The van der Waals surface area contributed by atoms with Crippen LogP contribution in [0.1, 0.15) is 57.6 Å². The van der Waals surface area contributed by atoms with Gasteiger partial charge in [0.2, 0.25) is 0 Å². The third-order valence-corrected chi connectivity index (χ3v) is 3.36. The predicted molar refractivity (Wildman–Crippen MR) is 76.6 cm³/mol. The first-order valence-corrected chi connectivity index (χ1v) is 7.30. The van der Waals surface area contributed by atoms with Crippen LogP contribution >= 0.6 is 0 Å². The van der Waals surface area contributed by atoms with E-state index in [1.54, 1.807) is 24.3 Å². The Hall–Kier alpha value is -1.03. The number of unbranched alkanes of at least 4 members (excludes halogenated alkanes) is 2. The monoisotopic (exact) mass is 287 g/mol. The van der Waals surface area contributed by atoms with Crippen molar-refractivity contribution in [3.8, 4) is 0 Å². The number of halogens is 3. The van der Waals surface area contributed by atoms with Crippen molar-refractivity contribution in [3.63, 3.8) is 0 Å². The molecular formula is C16H24F3N. The van der Waals surface area contributed by atoms with Crippen molar-refractivity contribution < 1.29 is 13.2 Å². The van der Waals surface area contributed by atoms with Crippen LogP contribution in [0.2, 0.25) is 0 Å².